The van der Waals surface area contributed by atoms with Crippen LogP contribution in [0.2, 0.25) is 0 Å². The molecule has 2 N–H and O–H groups in total. The SMILES string of the molecule is CC(C)(C)OC(=O)N[C@H](Cc1ccc2ccccc2c1)C(=O)NS. The maximum Gasteiger partial charge on any atom is 0.408 e. The van der Waals surface area contributed by atoms with Crippen LogP contribution in [0.5, 0.6) is 0 Å². The first kappa shape index (κ1) is 18.1. The zero-order chi connectivity index (χ0) is 17.7. The predicted octanol–water partition coefficient (Wildman–Crippen LogP) is 3.24. The summed E-state index contributed by atoms with van der Waals surface area (Å²) < 4.78 is 7.49. The summed E-state index contributed by atoms with van der Waals surface area (Å²) in [5.41, 5.74) is 0.307. The van der Waals surface area contributed by atoms with E-state index in [4.69, 9.17) is 4.74 Å². The van der Waals surface area contributed by atoms with E-state index in [0.29, 0.717) is 6.42 Å². The van der Waals surface area contributed by atoms with Gasteiger partial charge in [0.1, 0.15) is 11.6 Å². The Morgan fingerprint density at radius 2 is 1.79 bits per heavy atom. The maximum absolute atomic E-state index is 12.0. The van der Waals surface area contributed by atoms with Crippen molar-refractivity contribution in [3.8, 4) is 0 Å². The number of alkyl carbamates (subject to hydrolysis) is 1. The van der Waals surface area contributed by atoms with Gasteiger partial charge >= 0.3 is 6.09 Å². The smallest absolute Gasteiger partial charge is 0.408 e. The van der Waals surface area contributed by atoms with Crippen molar-refractivity contribution in [2.45, 2.75) is 38.8 Å². The molecular formula is C18H22N2O3S. The molecule has 1 atom stereocenters. The quantitative estimate of drug-likeness (QED) is 0.745. The van der Waals surface area contributed by atoms with Gasteiger partial charge in [0.2, 0.25) is 0 Å². The van der Waals surface area contributed by atoms with Gasteiger partial charge in [0.05, 0.1) is 0 Å². The number of carbonyl (C=O) groups excluding carboxylic acids is 2. The third-order valence-corrected chi connectivity index (χ3v) is 3.59. The van der Waals surface area contributed by atoms with Crippen molar-refractivity contribution in [1.29, 1.82) is 0 Å². The highest BCUT2D eigenvalue weighted by molar-refractivity contribution is 7.78. The standard InChI is InChI=1S/C18H22N2O3S/c1-18(2,3)23-17(22)19-15(16(21)20-24)11-12-8-9-13-6-4-5-7-14(13)10-12/h4-10,15,24H,11H2,1-3H3,(H,19,22)(H,20,21)/t15-/m1/s1. The minimum atomic E-state index is -0.765. The number of ether oxygens (including phenoxy) is 1. The van der Waals surface area contributed by atoms with Crippen molar-refractivity contribution in [1.82, 2.24) is 10.0 Å². The molecule has 0 fully saturated rings. The zero-order valence-corrected chi connectivity index (χ0v) is 14.9. The molecule has 0 heterocycles. The predicted molar refractivity (Wildman–Crippen MR) is 97.9 cm³/mol. The second kappa shape index (κ2) is 7.57. The van der Waals surface area contributed by atoms with E-state index in [1.54, 1.807) is 20.8 Å². The summed E-state index contributed by atoms with van der Waals surface area (Å²) in [5.74, 6) is -0.391. The molecule has 0 unspecified atom stereocenters. The van der Waals surface area contributed by atoms with E-state index in [2.05, 4.69) is 22.9 Å². The van der Waals surface area contributed by atoms with Gasteiger partial charge in [0.25, 0.3) is 5.91 Å². The Hall–Kier alpha value is -2.21. The summed E-state index contributed by atoms with van der Waals surface area (Å²) in [7, 11) is 0. The van der Waals surface area contributed by atoms with Crippen molar-refractivity contribution in [2.75, 3.05) is 0 Å². The molecule has 0 aliphatic carbocycles. The summed E-state index contributed by atoms with van der Waals surface area (Å²) in [6, 6.07) is 13.1. The number of fused-ring (bicyclic) bond motifs is 1. The lowest BCUT2D eigenvalue weighted by Crippen LogP contribution is -2.47. The van der Waals surface area contributed by atoms with E-state index in [-0.39, 0.29) is 0 Å². The van der Waals surface area contributed by atoms with Crippen molar-refractivity contribution in [3.63, 3.8) is 0 Å². The fourth-order valence-corrected chi connectivity index (χ4v) is 2.49. The van der Waals surface area contributed by atoms with Gasteiger partial charge in [-0.15, -0.1) is 0 Å². The number of benzene rings is 2. The third kappa shape index (κ3) is 5.16. The fourth-order valence-electron chi connectivity index (χ4n) is 2.34. The number of hydrogen-bond donors (Lipinski definition) is 3. The van der Waals surface area contributed by atoms with E-state index in [1.165, 1.54) is 0 Å². The van der Waals surface area contributed by atoms with Gasteiger partial charge in [-0.25, -0.2) is 4.79 Å². The minimum Gasteiger partial charge on any atom is -0.444 e. The molecular weight excluding hydrogens is 324 g/mol. The number of thiol groups is 1. The van der Waals surface area contributed by atoms with Crippen LogP contribution >= 0.6 is 12.8 Å². The van der Waals surface area contributed by atoms with E-state index in [0.717, 1.165) is 16.3 Å². The van der Waals surface area contributed by atoms with Crippen LogP contribution in [0.1, 0.15) is 26.3 Å². The number of carbonyl (C=O) groups is 2. The Kier molecular flexibility index (Phi) is 5.72. The van der Waals surface area contributed by atoms with Crippen molar-refractivity contribution in [2.24, 2.45) is 0 Å². The maximum atomic E-state index is 12.0. The lowest BCUT2D eigenvalue weighted by Gasteiger charge is -2.23. The van der Waals surface area contributed by atoms with Crippen LogP contribution in [0.3, 0.4) is 0 Å². The van der Waals surface area contributed by atoms with E-state index >= 15 is 0 Å². The lowest BCUT2D eigenvalue weighted by atomic mass is 10.0. The average Bonchev–Trinajstić information content (AvgIpc) is 2.51. The monoisotopic (exact) mass is 346 g/mol. The highest BCUT2D eigenvalue weighted by atomic mass is 32.1. The summed E-state index contributed by atoms with van der Waals surface area (Å²) in [6.45, 7) is 5.30. The molecule has 5 nitrogen and oxygen atoms in total. The Morgan fingerprint density at radius 1 is 1.12 bits per heavy atom. The van der Waals surface area contributed by atoms with Crippen molar-refractivity contribution >= 4 is 35.6 Å². The molecule has 2 rings (SSSR count). The lowest BCUT2D eigenvalue weighted by molar-refractivity contribution is -0.121. The van der Waals surface area contributed by atoms with Gasteiger partial charge in [0.15, 0.2) is 0 Å². The summed E-state index contributed by atoms with van der Waals surface area (Å²) in [4.78, 5) is 24.0. The first-order valence-electron chi connectivity index (χ1n) is 7.69. The van der Waals surface area contributed by atoms with Gasteiger partial charge in [-0.2, -0.15) is 0 Å². The van der Waals surface area contributed by atoms with Gasteiger partial charge < -0.3 is 14.8 Å². The number of amides is 2. The Morgan fingerprint density at radius 3 is 2.42 bits per heavy atom. The Labute approximate surface area is 147 Å². The molecule has 24 heavy (non-hydrogen) atoms. The second-order valence-corrected chi connectivity index (χ2v) is 6.78. The number of rotatable bonds is 4. The molecule has 6 heteroatoms. The highest BCUT2D eigenvalue weighted by Gasteiger charge is 2.24. The molecule has 0 aromatic heterocycles. The topological polar surface area (TPSA) is 67.4 Å². The molecule has 0 aliphatic heterocycles. The largest absolute Gasteiger partial charge is 0.444 e. The fraction of sp³-hybridized carbons (Fsp3) is 0.333. The molecule has 0 saturated heterocycles. The van der Waals surface area contributed by atoms with Crippen LogP contribution < -0.4 is 10.0 Å². The molecule has 2 amide bonds. The molecule has 0 saturated carbocycles. The number of hydrogen-bond acceptors (Lipinski definition) is 4. The van der Waals surface area contributed by atoms with Gasteiger partial charge in [-0.3, -0.25) is 4.79 Å². The highest BCUT2D eigenvalue weighted by Crippen LogP contribution is 2.17. The number of nitrogens with one attached hydrogen (secondary N) is 2. The average molecular weight is 346 g/mol. The van der Waals surface area contributed by atoms with E-state index in [9.17, 15) is 9.59 Å². The van der Waals surface area contributed by atoms with Gasteiger partial charge in [-0.1, -0.05) is 55.3 Å². The van der Waals surface area contributed by atoms with Gasteiger partial charge in [-0.05, 0) is 37.1 Å². The second-order valence-electron chi connectivity index (χ2n) is 6.56. The Balaban J connectivity index is 2.15. The molecule has 0 radical (unpaired) electrons. The van der Waals surface area contributed by atoms with Crippen molar-refractivity contribution in [3.05, 3.63) is 48.0 Å². The minimum absolute atomic E-state index is 0.344. The van der Waals surface area contributed by atoms with Crippen LogP contribution in [0.25, 0.3) is 10.8 Å². The van der Waals surface area contributed by atoms with Crippen LogP contribution in [-0.2, 0) is 16.0 Å². The van der Waals surface area contributed by atoms with Crippen LogP contribution in [0, 0.1) is 0 Å². The van der Waals surface area contributed by atoms with Gasteiger partial charge in [0, 0.05) is 6.42 Å². The van der Waals surface area contributed by atoms with Crippen LogP contribution in [0.15, 0.2) is 42.5 Å². The van der Waals surface area contributed by atoms with E-state index < -0.39 is 23.6 Å². The molecule has 2 aromatic carbocycles. The summed E-state index contributed by atoms with van der Waals surface area (Å²) in [5, 5.41) is 4.80. The molecule has 2 aromatic rings. The first-order chi connectivity index (χ1) is 11.3. The van der Waals surface area contributed by atoms with Crippen LogP contribution in [0.4, 0.5) is 4.79 Å². The van der Waals surface area contributed by atoms with Crippen molar-refractivity contribution < 1.29 is 14.3 Å². The normalized spacial score (nSPS) is 12.5. The summed E-state index contributed by atoms with van der Waals surface area (Å²) >= 11 is 3.80. The zero-order valence-electron chi connectivity index (χ0n) is 14.0. The first-order valence-corrected chi connectivity index (χ1v) is 8.14. The molecule has 128 valence electrons. The van der Waals surface area contributed by atoms with E-state index in [1.807, 2.05) is 42.5 Å². The van der Waals surface area contributed by atoms with Crippen LogP contribution in [-0.4, -0.2) is 23.6 Å². The molecule has 0 spiro atoms. The summed E-state index contributed by atoms with van der Waals surface area (Å²) in [6.07, 6.45) is -0.290. The molecule has 0 aliphatic rings. The Bertz CT molecular complexity index is 740. The molecule has 0 bridgehead atoms. The third-order valence-electron chi connectivity index (χ3n) is 3.37.